The number of rotatable bonds is 2. The van der Waals surface area contributed by atoms with Crippen molar-refractivity contribution in [2.24, 2.45) is 0 Å². The van der Waals surface area contributed by atoms with Crippen LogP contribution < -0.4 is 10.1 Å². The normalized spacial score (nSPS) is 21.1. The first-order valence-electron chi connectivity index (χ1n) is 4.74. The van der Waals surface area contributed by atoms with Crippen LogP contribution in [0.25, 0.3) is 0 Å². The number of aromatic nitrogens is 1. The zero-order valence-electron chi connectivity index (χ0n) is 8.09. The van der Waals surface area contributed by atoms with Crippen LogP contribution in [-0.4, -0.2) is 18.6 Å². The highest BCUT2D eigenvalue weighted by molar-refractivity contribution is 9.10. The van der Waals surface area contributed by atoms with E-state index in [1.54, 1.807) is 7.11 Å². The smallest absolute Gasteiger partial charge is 0.143 e. The zero-order chi connectivity index (χ0) is 9.97. The maximum Gasteiger partial charge on any atom is 0.143 e. The third-order valence-electron chi connectivity index (χ3n) is 2.46. The largest absolute Gasteiger partial charge is 0.495 e. The molecule has 0 bridgehead atoms. The minimum atomic E-state index is 0.359. The molecule has 0 saturated carbocycles. The summed E-state index contributed by atoms with van der Waals surface area (Å²) in [7, 11) is 1.68. The van der Waals surface area contributed by atoms with Gasteiger partial charge in [0, 0.05) is 10.7 Å². The van der Waals surface area contributed by atoms with Gasteiger partial charge in [0.1, 0.15) is 5.75 Å². The molecule has 1 unspecified atom stereocenters. The minimum absolute atomic E-state index is 0.359. The summed E-state index contributed by atoms with van der Waals surface area (Å²) in [4.78, 5) is 4.40. The van der Waals surface area contributed by atoms with Crippen molar-refractivity contribution in [2.75, 3.05) is 13.7 Å². The van der Waals surface area contributed by atoms with Gasteiger partial charge in [0.2, 0.25) is 0 Å². The van der Waals surface area contributed by atoms with E-state index in [1.165, 1.54) is 6.42 Å². The molecule has 1 aromatic rings. The summed E-state index contributed by atoms with van der Waals surface area (Å²) in [6, 6.07) is 2.32. The van der Waals surface area contributed by atoms with E-state index in [0.29, 0.717) is 6.04 Å². The van der Waals surface area contributed by atoms with Crippen molar-refractivity contribution in [3.05, 3.63) is 22.4 Å². The highest BCUT2D eigenvalue weighted by Gasteiger charge is 2.21. The topological polar surface area (TPSA) is 34.1 Å². The summed E-state index contributed by atoms with van der Waals surface area (Å²) in [5.74, 6) is 0.860. The second kappa shape index (κ2) is 4.28. The van der Waals surface area contributed by atoms with E-state index in [2.05, 4.69) is 26.2 Å². The van der Waals surface area contributed by atoms with E-state index >= 15 is 0 Å². The molecule has 1 N–H and O–H groups in total. The number of halogens is 1. The first-order chi connectivity index (χ1) is 6.81. The Bertz CT molecular complexity index is 324. The Hall–Kier alpha value is -0.610. The lowest BCUT2D eigenvalue weighted by Crippen LogP contribution is -2.15. The van der Waals surface area contributed by atoms with Crippen molar-refractivity contribution in [1.82, 2.24) is 10.3 Å². The third-order valence-corrected chi connectivity index (χ3v) is 2.89. The fourth-order valence-corrected chi connectivity index (χ4v) is 2.08. The molecule has 0 amide bonds. The highest BCUT2D eigenvalue weighted by Crippen LogP contribution is 2.30. The van der Waals surface area contributed by atoms with Gasteiger partial charge < -0.3 is 10.1 Å². The van der Waals surface area contributed by atoms with Crippen LogP contribution >= 0.6 is 15.9 Å². The van der Waals surface area contributed by atoms with Gasteiger partial charge in [0.05, 0.1) is 18.8 Å². The van der Waals surface area contributed by atoms with Gasteiger partial charge in [-0.2, -0.15) is 0 Å². The predicted octanol–water partition coefficient (Wildman–Crippen LogP) is 2.28. The third kappa shape index (κ3) is 1.91. The Morgan fingerprint density at radius 3 is 3.14 bits per heavy atom. The number of nitrogens with one attached hydrogen (secondary N) is 1. The maximum absolute atomic E-state index is 5.31. The summed E-state index contributed by atoms with van der Waals surface area (Å²) >= 11 is 3.38. The zero-order valence-corrected chi connectivity index (χ0v) is 9.67. The molecule has 1 aliphatic rings. The number of hydrogen-bond donors (Lipinski definition) is 1. The Labute approximate surface area is 92.0 Å². The molecule has 2 heterocycles. The average Bonchev–Trinajstić information content (AvgIpc) is 2.70. The molecule has 76 valence electrons. The molecule has 1 fully saturated rings. The van der Waals surface area contributed by atoms with Gasteiger partial charge >= 0.3 is 0 Å². The molecule has 1 atom stereocenters. The van der Waals surface area contributed by atoms with Crippen molar-refractivity contribution < 1.29 is 4.74 Å². The van der Waals surface area contributed by atoms with Crippen LogP contribution in [0.15, 0.2) is 16.7 Å². The van der Waals surface area contributed by atoms with Gasteiger partial charge in [-0.05, 0) is 41.4 Å². The lowest BCUT2D eigenvalue weighted by atomic mass is 10.1. The number of methoxy groups -OCH3 is 1. The first-order valence-corrected chi connectivity index (χ1v) is 5.53. The molecule has 0 aromatic carbocycles. The predicted molar refractivity (Wildman–Crippen MR) is 58.5 cm³/mol. The fourth-order valence-electron chi connectivity index (χ4n) is 1.77. The Kier molecular flexibility index (Phi) is 3.03. The van der Waals surface area contributed by atoms with Crippen LogP contribution in [0.5, 0.6) is 5.75 Å². The van der Waals surface area contributed by atoms with E-state index in [9.17, 15) is 0 Å². The van der Waals surface area contributed by atoms with Crippen molar-refractivity contribution in [1.29, 1.82) is 0 Å². The van der Waals surface area contributed by atoms with Gasteiger partial charge in [0.25, 0.3) is 0 Å². The summed E-state index contributed by atoms with van der Waals surface area (Å²) in [6.07, 6.45) is 4.18. The van der Waals surface area contributed by atoms with E-state index in [0.717, 1.165) is 28.9 Å². The van der Waals surface area contributed by atoms with Crippen LogP contribution in [0.3, 0.4) is 0 Å². The maximum atomic E-state index is 5.31. The second-order valence-corrected chi connectivity index (χ2v) is 4.31. The SMILES string of the molecule is COc1cc(Br)cnc1C1CCCN1. The number of pyridine rings is 1. The molecule has 3 nitrogen and oxygen atoms in total. The van der Waals surface area contributed by atoms with Crippen molar-refractivity contribution in [3.63, 3.8) is 0 Å². The van der Waals surface area contributed by atoms with Gasteiger partial charge in [0.15, 0.2) is 0 Å². The molecule has 0 spiro atoms. The molecular formula is C10H13BrN2O. The van der Waals surface area contributed by atoms with E-state index in [4.69, 9.17) is 4.74 Å². The summed E-state index contributed by atoms with van der Waals surface area (Å²) in [5, 5.41) is 3.41. The van der Waals surface area contributed by atoms with Gasteiger partial charge in [-0.3, -0.25) is 4.98 Å². The minimum Gasteiger partial charge on any atom is -0.495 e. The van der Waals surface area contributed by atoms with E-state index in [1.807, 2.05) is 12.3 Å². The fraction of sp³-hybridized carbons (Fsp3) is 0.500. The monoisotopic (exact) mass is 256 g/mol. The van der Waals surface area contributed by atoms with Crippen molar-refractivity contribution in [3.8, 4) is 5.75 Å². The number of ether oxygens (including phenoxy) is 1. The lowest BCUT2D eigenvalue weighted by molar-refractivity contribution is 0.399. The molecule has 2 rings (SSSR count). The molecule has 0 aliphatic carbocycles. The Morgan fingerprint density at radius 2 is 2.50 bits per heavy atom. The molecule has 1 aromatic heterocycles. The van der Waals surface area contributed by atoms with Crippen LogP contribution in [0.1, 0.15) is 24.6 Å². The van der Waals surface area contributed by atoms with Crippen LogP contribution in [0.4, 0.5) is 0 Å². The summed E-state index contributed by atoms with van der Waals surface area (Å²) in [5.41, 5.74) is 1.02. The Balaban J connectivity index is 2.31. The quantitative estimate of drug-likeness (QED) is 0.882. The molecule has 14 heavy (non-hydrogen) atoms. The Morgan fingerprint density at radius 1 is 1.64 bits per heavy atom. The van der Waals surface area contributed by atoms with Crippen LogP contribution in [0, 0.1) is 0 Å². The second-order valence-electron chi connectivity index (χ2n) is 3.39. The van der Waals surface area contributed by atoms with E-state index in [-0.39, 0.29) is 0 Å². The first kappa shape index (κ1) is 9.93. The van der Waals surface area contributed by atoms with Crippen LogP contribution in [0.2, 0.25) is 0 Å². The van der Waals surface area contributed by atoms with E-state index < -0.39 is 0 Å². The lowest BCUT2D eigenvalue weighted by Gasteiger charge is -2.13. The number of nitrogens with zero attached hydrogens (tertiary/aromatic N) is 1. The van der Waals surface area contributed by atoms with Gasteiger partial charge in [-0.25, -0.2) is 0 Å². The molecule has 1 saturated heterocycles. The summed E-state index contributed by atoms with van der Waals surface area (Å²) in [6.45, 7) is 1.07. The van der Waals surface area contributed by atoms with Crippen LogP contribution in [-0.2, 0) is 0 Å². The van der Waals surface area contributed by atoms with Crippen molar-refractivity contribution in [2.45, 2.75) is 18.9 Å². The molecule has 1 aliphatic heterocycles. The summed E-state index contributed by atoms with van der Waals surface area (Å²) < 4.78 is 6.26. The molecule has 0 radical (unpaired) electrons. The standard InChI is InChI=1S/C10H13BrN2O/c1-14-9-5-7(11)6-13-10(9)8-3-2-4-12-8/h5-6,8,12H,2-4H2,1H3. The molecular weight excluding hydrogens is 244 g/mol. The van der Waals surface area contributed by atoms with Gasteiger partial charge in [-0.15, -0.1) is 0 Å². The number of hydrogen-bond acceptors (Lipinski definition) is 3. The molecule has 4 heteroatoms. The van der Waals surface area contributed by atoms with Gasteiger partial charge in [-0.1, -0.05) is 0 Å². The average molecular weight is 257 g/mol. The van der Waals surface area contributed by atoms with Crippen molar-refractivity contribution >= 4 is 15.9 Å². The highest BCUT2D eigenvalue weighted by atomic mass is 79.9.